The van der Waals surface area contributed by atoms with Crippen LogP contribution < -0.4 is 10.6 Å². The number of rotatable bonds is 6. The molecule has 2 amide bonds. The minimum absolute atomic E-state index is 0.121. The van der Waals surface area contributed by atoms with Crippen LogP contribution in [-0.4, -0.2) is 27.6 Å². The van der Waals surface area contributed by atoms with Crippen molar-refractivity contribution in [3.8, 4) is 16.9 Å². The van der Waals surface area contributed by atoms with Crippen LogP contribution in [0.15, 0.2) is 91.0 Å². The largest absolute Gasteiger partial charge is 0.349 e. The van der Waals surface area contributed by atoms with Crippen molar-refractivity contribution in [1.29, 1.82) is 0 Å². The van der Waals surface area contributed by atoms with Gasteiger partial charge in [-0.2, -0.15) is 5.10 Å². The van der Waals surface area contributed by atoms with Gasteiger partial charge in [0.15, 0.2) is 0 Å². The predicted octanol–water partition coefficient (Wildman–Crippen LogP) is 4.68. The Morgan fingerprint density at radius 3 is 2.25 bits per heavy atom. The van der Waals surface area contributed by atoms with Gasteiger partial charge in [0.25, 0.3) is 11.8 Å². The maximum absolute atomic E-state index is 13.2. The molecule has 0 unspecified atom stereocenters. The van der Waals surface area contributed by atoms with Gasteiger partial charge in [-0.1, -0.05) is 54.6 Å². The van der Waals surface area contributed by atoms with Crippen molar-refractivity contribution in [2.45, 2.75) is 18.9 Å². The fourth-order valence-corrected chi connectivity index (χ4v) is 3.49. The van der Waals surface area contributed by atoms with Gasteiger partial charge in [-0.05, 0) is 49.2 Å². The molecule has 5 rings (SSSR count). The fourth-order valence-electron chi connectivity index (χ4n) is 3.49. The number of anilines is 1. The zero-order chi connectivity index (χ0) is 21.9. The summed E-state index contributed by atoms with van der Waals surface area (Å²) in [4.78, 5) is 25.6. The smallest absolute Gasteiger partial charge is 0.274 e. The molecule has 1 fully saturated rings. The van der Waals surface area contributed by atoms with Gasteiger partial charge >= 0.3 is 0 Å². The summed E-state index contributed by atoms with van der Waals surface area (Å²) < 4.78 is 1.64. The number of amides is 2. The molecule has 0 atom stereocenters. The van der Waals surface area contributed by atoms with Crippen LogP contribution in [0.2, 0.25) is 0 Å². The maximum Gasteiger partial charge on any atom is 0.274 e. The molecule has 32 heavy (non-hydrogen) atoms. The van der Waals surface area contributed by atoms with E-state index in [1.807, 2.05) is 60.7 Å². The number of nitrogens with zero attached hydrogens (tertiary/aromatic N) is 2. The van der Waals surface area contributed by atoms with Crippen molar-refractivity contribution in [3.63, 3.8) is 0 Å². The van der Waals surface area contributed by atoms with Crippen LogP contribution in [-0.2, 0) is 0 Å². The SMILES string of the molecule is O=C(NC1CC1)c1cccc(NC(=O)c2cc(-c3ccccc3)nn2-c2ccccc2)c1. The van der Waals surface area contributed by atoms with Crippen LogP contribution >= 0.6 is 0 Å². The third kappa shape index (κ3) is 4.30. The van der Waals surface area contributed by atoms with Gasteiger partial charge in [0.05, 0.1) is 11.4 Å². The van der Waals surface area contributed by atoms with Crippen molar-refractivity contribution in [2.75, 3.05) is 5.32 Å². The van der Waals surface area contributed by atoms with E-state index in [0.29, 0.717) is 22.6 Å². The van der Waals surface area contributed by atoms with E-state index < -0.39 is 0 Å². The molecule has 2 N–H and O–H groups in total. The third-order valence-electron chi connectivity index (χ3n) is 5.31. The summed E-state index contributed by atoms with van der Waals surface area (Å²) in [5, 5.41) is 10.6. The van der Waals surface area contributed by atoms with Crippen molar-refractivity contribution < 1.29 is 9.59 Å². The number of benzene rings is 3. The Bertz CT molecular complexity index is 1260. The molecule has 1 aliphatic rings. The number of carbonyl (C=O) groups is 2. The Labute approximate surface area is 185 Å². The van der Waals surface area contributed by atoms with E-state index in [1.54, 1.807) is 35.0 Å². The minimum atomic E-state index is -0.303. The zero-order valence-electron chi connectivity index (χ0n) is 17.4. The molecule has 0 saturated heterocycles. The maximum atomic E-state index is 13.2. The lowest BCUT2D eigenvalue weighted by atomic mass is 10.1. The summed E-state index contributed by atoms with van der Waals surface area (Å²) in [5.74, 6) is -0.424. The Kier molecular flexibility index (Phi) is 5.25. The Balaban J connectivity index is 1.45. The van der Waals surface area contributed by atoms with Crippen LogP contribution in [0.5, 0.6) is 0 Å². The highest BCUT2D eigenvalue weighted by Gasteiger charge is 2.24. The highest BCUT2D eigenvalue weighted by atomic mass is 16.2. The normalized spacial score (nSPS) is 12.9. The standard InChI is InChI=1S/C26H22N4O2/c31-25(27-20-14-15-20)19-10-7-11-21(16-19)28-26(32)24-17-23(18-8-3-1-4-9-18)29-30(24)22-12-5-2-6-13-22/h1-13,16-17,20H,14-15H2,(H,27,31)(H,28,32). The molecule has 6 nitrogen and oxygen atoms in total. The number of carbonyl (C=O) groups excluding carboxylic acids is 2. The molecular formula is C26H22N4O2. The number of hydrogen-bond acceptors (Lipinski definition) is 3. The second kappa shape index (κ2) is 8.51. The van der Waals surface area contributed by atoms with Gasteiger partial charge in [-0.3, -0.25) is 9.59 Å². The minimum Gasteiger partial charge on any atom is -0.349 e. The first-order valence-electron chi connectivity index (χ1n) is 10.6. The second-order valence-electron chi connectivity index (χ2n) is 7.81. The van der Waals surface area contributed by atoms with Gasteiger partial charge in [0.2, 0.25) is 0 Å². The summed E-state index contributed by atoms with van der Waals surface area (Å²) in [5.41, 5.74) is 3.91. The van der Waals surface area contributed by atoms with E-state index in [-0.39, 0.29) is 17.9 Å². The van der Waals surface area contributed by atoms with Crippen molar-refractivity contribution in [3.05, 3.63) is 102 Å². The predicted molar refractivity (Wildman–Crippen MR) is 124 cm³/mol. The highest BCUT2D eigenvalue weighted by Crippen LogP contribution is 2.23. The van der Waals surface area contributed by atoms with E-state index in [1.165, 1.54) is 0 Å². The van der Waals surface area contributed by atoms with Crippen LogP contribution in [0.4, 0.5) is 5.69 Å². The first-order chi connectivity index (χ1) is 15.7. The molecule has 0 spiro atoms. The van der Waals surface area contributed by atoms with Gasteiger partial charge in [-0.25, -0.2) is 4.68 Å². The summed E-state index contributed by atoms with van der Waals surface area (Å²) >= 11 is 0. The molecule has 158 valence electrons. The molecule has 0 aliphatic heterocycles. The number of nitrogens with one attached hydrogen (secondary N) is 2. The summed E-state index contributed by atoms with van der Waals surface area (Å²) in [6.07, 6.45) is 2.05. The van der Waals surface area contributed by atoms with Crippen molar-refractivity contribution in [2.24, 2.45) is 0 Å². The number of hydrogen-bond donors (Lipinski definition) is 2. The van der Waals surface area contributed by atoms with E-state index in [9.17, 15) is 9.59 Å². The monoisotopic (exact) mass is 422 g/mol. The quantitative estimate of drug-likeness (QED) is 0.474. The van der Waals surface area contributed by atoms with E-state index >= 15 is 0 Å². The molecule has 1 saturated carbocycles. The van der Waals surface area contributed by atoms with E-state index in [2.05, 4.69) is 10.6 Å². The molecule has 1 heterocycles. The zero-order valence-corrected chi connectivity index (χ0v) is 17.4. The average Bonchev–Trinajstić information content (AvgIpc) is 3.53. The lowest BCUT2D eigenvalue weighted by Gasteiger charge is -2.10. The molecule has 6 heteroatoms. The lowest BCUT2D eigenvalue weighted by molar-refractivity contribution is 0.0949. The molecular weight excluding hydrogens is 400 g/mol. The van der Waals surface area contributed by atoms with E-state index in [0.717, 1.165) is 24.1 Å². The van der Waals surface area contributed by atoms with Crippen LogP contribution in [0.3, 0.4) is 0 Å². The lowest BCUT2D eigenvalue weighted by Crippen LogP contribution is -2.25. The summed E-state index contributed by atoms with van der Waals surface area (Å²) in [6, 6.07) is 28.3. The molecule has 0 radical (unpaired) electrons. The van der Waals surface area contributed by atoms with Gasteiger partial charge in [-0.15, -0.1) is 0 Å². The third-order valence-corrected chi connectivity index (χ3v) is 5.31. The Hall–Kier alpha value is -4.19. The fraction of sp³-hybridized carbons (Fsp3) is 0.115. The number of para-hydroxylation sites is 1. The highest BCUT2D eigenvalue weighted by molar-refractivity contribution is 6.05. The second-order valence-corrected chi connectivity index (χ2v) is 7.81. The van der Waals surface area contributed by atoms with Gasteiger partial charge < -0.3 is 10.6 Å². The van der Waals surface area contributed by atoms with E-state index in [4.69, 9.17) is 5.10 Å². The number of aromatic nitrogens is 2. The molecule has 0 bridgehead atoms. The first kappa shape index (κ1) is 19.8. The average molecular weight is 422 g/mol. The summed E-state index contributed by atoms with van der Waals surface area (Å²) in [6.45, 7) is 0. The van der Waals surface area contributed by atoms with Gasteiger partial charge in [0.1, 0.15) is 5.69 Å². The van der Waals surface area contributed by atoms with Crippen LogP contribution in [0, 0.1) is 0 Å². The van der Waals surface area contributed by atoms with Gasteiger partial charge in [0, 0.05) is 22.9 Å². The first-order valence-corrected chi connectivity index (χ1v) is 10.6. The topological polar surface area (TPSA) is 76.0 Å². The van der Waals surface area contributed by atoms with Crippen LogP contribution in [0.1, 0.15) is 33.7 Å². The van der Waals surface area contributed by atoms with Crippen LogP contribution in [0.25, 0.3) is 16.9 Å². The molecule has 1 aromatic heterocycles. The van der Waals surface area contributed by atoms with Crippen molar-refractivity contribution in [1.82, 2.24) is 15.1 Å². The molecule has 4 aromatic rings. The Morgan fingerprint density at radius 2 is 1.53 bits per heavy atom. The Morgan fingerprint density at radius 1 is 0.812 bits per heavy atom. The molecule has 1 aliphatic carbocycles. The van der Waals surface area contributed by atoms with Crippen molar-refractivity contribution >= 4 is 17.5 Å². The summed E-state index contributed by atoms with van der Waals surface area (Å²) in [7, 11) is 0. The molecule has 3 aromatic carbocycles.